The minimum Gasteiger partial charge on any atom is -0.507 e. The first-order chi connectivity index (χ1) is 15.9. The van der Waals surface area contributed by atoms with Crippen molar-refractivity contribution in [3.05, 3.63) is 83.9 Å². The molecule has 7 nitrogen and oxygen atoms in total. The molecule has 2 atom stereocenters. The lowest BCUT2D eigenvalue weighted by atomic mass is 9.94. The van der Waals surface area contributed by atoms with E-state index >= 15 is 0 Å². The summed E-state index contributed by atoms with van der Waals surface area (Å²) in [6.45, 7) is 1.95. The summed E-state index contributed by atoms with van der Waals surface area (Å²) < 4.78 is 11.5. The highest BCUT2D eigenvalue weighted by molar-refractivity contribution is 5.91. The van der Waals surface area contributed by atoms with Crippen LogP contribution in [0.25, 0.3) is 10.8 Å². The highest BCUT2D eigenvalue weighted by Crippen LogP contribution is 2.36. The molecule has 0 saturated carbocycles. The summed E-state index contributed by atoms with van der Waals surface area (Å²) in [4.78, 5) is 23.6. The summed E-state index contributed by atoms with van der Waals surface area (Å²) >= 11 is 0. The number of benzene rings is 3. The summed E-state index contributed by atoms with van der Waals surface area (Å²) in [5, 5.41) is 23.2. The number of hydrogen-bond donors (Lipinski definition) is 3. The Morgan fingerprint density at radius 2 is 1.73 bits per heavy atom. The van der Waals surface area contributed by atoms with Crippen molar-refractivity contribution in [2.24, 2.45) is 0 Å². The molecule has 3 N–H and O–H groups in total. The number of hydrogen-bond acceptors (Lipinski definition) is 5. The van der Waals surface area contributed by atoms with Gasteiger partial charge in [0.15, 0.2) is 6.10 Å². The number of phenols is 1. The van der Waals surface area contributed by atoms with Crippen LogP contribution >= 0.6 is 0 Å². The van der Waals surface area contributed by atoms with E-state index in [1.54, 1.807) is 30.3 Å². The van der Waals surface area contributed by atoms with Gasteiger partial charge in [-0.05, 0) is 43.4 Å². The molecule has 0 bridgehead atoms. The van der Waals surface area contributed by atoms with Crippen LogP contribution in [0, 0.1) is 6.92 Å². The van der Waals surface area contributed by atoms with Crippen LogP contribution in [0.3, 0.4) is 0 Å². The Labute approximate surface area is 192 Å². The molecule has 0 unspecified atom stereocenters. The standard InChI is InChI=1S/C26H27NO6/c1-17-11-13-18(14-12-17)27-26(31)33-25(23(32-2)9-5-6-10-24(29)30)21-15-16-22(28)20-8-4-3-7-19(20)21/h3-4,6-8,10-16,23,25,28H,5,9H2,1-2H3,(H,27,31)(H,29,30)/b10-6+/t23-,25-/m1/s1. The van der Waals surface area contributed by atoms with E-state index in [1.165, 1.54) is 13.2 Å². The molecule has 0 saturated heterocycles. The largest absolute Gasteiger partial charge is 0.507 e. The maximum Gasteiger partial charge on any atom is 0.412 e. The number of methoxy groups -OCH3 is 1. The molecule has 0 aliphatic heterocycles. The molecular weight excluding hydrogens is 422 g/mol. The number of aromatic hydroxyl groups is 1. The predicted octanol–water partition coefficient (Wildman–Crippen LogP) is 5.58. The van der Waals surface area contributed by atoms with Crippen LogP contribution in [0.1, 0.15) is 30.1 Å². The van der Waals surface area contributed by atoms with Crippen molar-refractivity contribution < 1.29 is 29.3 Å². The molecule has 0 aliphatic carbocycles. The minimum absolute atomic E-state index is 0.121. The van der Waals surface area contributed by atoms with E-state index in [9.17, 15) is 14.7 Å². The number of carboxylic acid groups (broad SMARTS) is 1. The monoisotopic (exact) mass is 449 g/mol. The molecule has 0 radical (unpaired) electrons. The number of nitrogens with one attached hydrogen (secondary N) is 1. The van der Waals surface area contributed by atoms with Gasteiger partial charge in [-0.3, -0.25) is 5.32 Å². The molecule has 172 valence electrons. The van der Waals surface area contributed by atoms with Gasteiger partial charge in [0, 0.05) is 29.8 Å². The van der Waals surface area contributed by atoms with Crippen molar-refractivity contribution in [1.82, 2.24) is 0 Å². The number of rotatable bonds is 9. The van der Waals surface area contributed by atoms with E-state index in [0.29, 0.717) is 29.5 Å². The Morgan fingerprint density at radius 1 is 1.03 bits per heavy atom. The zero-order valence-corrected chi connectivity index (χ0v) is 18.5. The van der Waals surface area contributed by atoms with Crippen LogP contribution in [0.2, 0.25) is 0 Å². The van der Waals surface area contributed by atoms with Crippen LogP contribution in [0.4, 0.5) is 10.5 Å². The summed E-state index contributed by atoms with van der Waals surface area (Å²) in [5.74, 6) is -0.908. The molecule has 0 heterocycles. The maximum absolute atomic E-state index is 12.8. The number of fused-ring (bicyclic) bond motifs is 1. The van der Waals surface area contributed by atoms with Gasteiger partial charge < -0.3 is 19.7 Å². The van der Waals surface area contributed by atoms with E-state index in [2.05, 4.69) is 5.32 Å². The van der Waals surface area contributed by atoms with Crippen LogP contribution in [0.15, 0.2) is 72.8 Å². The zero-order chi connectivity index (χ0) is 23.8. The molecular formula is C26H27NO6. The van der Waals surface area contributed by atoms with Gasteiger partial charge in [0.25, 0.3) is 0 Å². The first-order valence-corrected chi connectivity index (χ1v) is 10.6. The van der Waals surface area contributed by atoms with E-state index in [1.807, 2.05) is 37.3 Å². The number of aryl methyl sites for hydroxylation is 1. The number of aliphatic carboxylic acids is 1. The van der Waals surface area contributed by atoms with Crippen LogP contribution in [-0.4, -0.2) is 35.5 Å². The molecule has 0 aromatic heterocycles. The Kier molecular flexibility index (Phi) is 8.05. The SMILES string of the molecule is CO[C@H](CC/C=C/C(=O)O)[C@H](OC(=O)Nc1ccc(C)cc1)c1ccc(O)c2ccccc12. The second kappa shape index (κ2) is 11.2. The summed E-state index contributed by atoms with van der Waals surface area (Å²) in [7, 11) is 1.52. The second-order valence-electron chi connectivity index (χ2n) is 7.63. The van der Waals surface area contributed by atoms with Crippen molar-refractivity contribution in [3.63, 3.8) is 0 Å². The third kappa shape index (κ3) is 6.33. The van der Waals surface area contributed by atoms with Gasteiger partial charge in [0.05, 0.1) is 6.10 Å². The number of phenolic OH excluding ortho intramolecular Hbond substituents is 1. The quantitative estimate of drug-likeness (QED) is 0.368. The van der Waals surface area contributed by atoms with Crippen molar-refractivity contribution in [2.75, 3.05) is 12.4 Å². The summed E-state index contributed by atoms with van der Waals surface area (Å²) in [5.41, 5.74) is 2.34. The highest BCUT2D eigenvalue weighted by atomic mass is 16.6. The molecule has 0 aliphatic rings. The fourth-order valence-corrected chi connectivity index (χ4v) is 3.63. The number of ether oxygens (including phenoxy) is 2. The van der Waals surface area contributed by atoms with Crippen molar-refractivity contribution in [1.29, 1.82) is 0 Å². The molecule has 7 heteroatoms. The molecule has 0 fully saturated rings. The van der Waals surface area contributed by atoms with Crippen molar-refractivity contribution in [3.8, 4) is 5.75 Å². The van der Waals surface area contributed by atoms with Gasteiger partial charge in [0.2, 0.25) is 0 Å². The number of carbonyl (C=O) groups excluding carboxylic acids is 1. The lowest BCUT2D eigenvalue weighted by Gasteiger charge is -2.27. The predicted molar refractivity (Wildman–Crippen MR) is 126 cm³/mol. The Bertz CT molecular complexity index is 1140. The van der Waals surface area contributed by atoms with Gasteiger partial charge in [-0.25, -0.2) is 9.59 Å². The first-order valence-electron chi connectivity index (χ1n) is 10.6. The van der Waals surface area contributed by atoms with E-state index in [4.69, 9.17) is 14.6 Å². The Hall–Kier alpha value is -3.84. The normalized spacial score (nSPS) is 13.0. The van der Waals surface area contributed by atoms with Crippen LogP contribution < -0.4 is 5.32 Å². The fraction of sp³-hybridized carbons (Fsp3) is 0.231. The van der Waals surface area contributed by atoms with Crippen molar-refractivity contribution >= 4 is 28.5 Å². The summed E-state index contributed by atoms with van der Waals surface area (Å²) in [6.07, 6.45) is 1.43. The molecule has 3 rings (SSSR count). The Balaban J connectivity index is 1.92. The number of carbonyl (C=O) groups is 2. The van der Waals surface area contributed by atoms with Crippen molar-refractivity contribution in [2.45, 2.75) is 32.0 Å². The average Bonchev–Trinajstić information content (AvgIpc) is 2.80. The number of carboxylic acids is 1. The number of anilines is 1. The lowest BCUT2D eigenvalue weighted by Crippen LogP contribution is -2.28. The van der Waals surface area contributed by atoms with Crippen LogP contribution in [-0.2, 0) is 14.3 Å². The zero-order valence-electron chi connectivity index (χ0n) is 18.5. The van der Waals surface area contributed by atoms with Gasteiger partial charge in [0.1, 0.15) is 5.75 Å². The topological polar surface area (TPSA) is 105 Å². The van der Waals surface area contributed by atoms with Gasteiger partial charge in [-0.2, -0.15) is 0 Å². The Morgan fingerprint density at radius 3 is 2.39 bits per heavy atom. The van der Waals surface area contributed by atoms with Gasteiger partial charge in [-0.15, -0.1) is 0 Å². The lowest BCUT2D eigenvalue weighted by molar-refractivity contribution is -0.131. The first kappa shape index (κ1) is 23.8. The average molecular weight is 450 g/mol. The molecule has 3 aromatic rings. The van der Waals surface area contributed by atoms with Crippen LogP contribution in [0.5, 0.6) is 5.75 Å². The highest BCUT2D eigenvalue weighted by Gasteiger charge is 2.29. The number of allylic oxidation sites excluding steroid dienone is 1. The third-order valence-electron chi connectivity index (χ3n) is 5.29. The molecule has 0 spiro atoms. The second-order valence-corrected chi connectivity index (χ2v) is 7.63. The number of amides is 1. The summed E-state index contributed by atoms with van der Waals surface area (Å²) in [6, 6.07) is 17.9. The smallest absolute Gasteiger partial charge is 0.412 e. The molecule has 33 heavy (non-hydrogen) atoms. The molecule has 3 aromatic carbocycles. The minimum atomic E-state index is -1.03. The molecule has 1 amide bonds. The maximum atomic E-state index is 12.8. The van der Waals surface area contributed by atoms with E-state index < -0.39 is 24.3 Å². The van der Waals surface area contributed by atoms with E-state index in [-0.39, 0.29) is 5.75 Å². The van der Waals surface area contributed by atoms with Gasteiger partial charge in [-0.1, -0.05) is 54.1 Å². The van der Waals surface area contributed by atoms with Gasteiger partial charge >= 0.3 is 12.1 Å². The fourth-order valence-electron chi connectivity index (χ4n) is 3.63. The third-order valence-corrected chi connectivity index (χ3v) is 5.29. The van der Waals surface area contributed by atoms with E-state index in [0.717, 1.165) is 17.0 Å².